The highest BCUT2D eigenvalue weighted by Crippen LogP contribution is 2.19. The normalized spacial score (nSPS) is 12.1. The second-order valence-corrected chi connectivity index (χ2v) is 5.47. The van der Waals surface area contributed by atoms with E-state index < -0.39 is 5.97 Å². The van der Waals surface area contributed by atoms with Crippen molar-refractivity contribution in [1.29, 1.82) is 0 Å². The van der Waals surface area contributed by atoms with Gasteiger partial charge in [0.05, 0.1) is 6.04 Å². The molecule has 0 radical (unpaired) electrons. The summed E-state index contributed by atoms with van der Waals surface area (Å²) in [6.45, 7) is 3.87. The lowest BCUT2D eigenvalue weighted by atomic mass is 10.2. The number of hydrogen-bond acceptors (Lipinski definition) is 4. The first-order chi connectivity index (χ1) is 8.49. The van der Waals surface area contributed by atoms with Crippen LogP contribution in [0.2, 0.25) is 0 Å². The quantitative estimate of drug-likeness (QED) is 0.745. The van der Waals surface area contributed by atoms with Crippen LogP contribution in [0.15, 0.2) is 6.20 Å². The number of aromatic nitrogens is 1. The van der Waals surface area contributed by atoms with E-state index in [1.54, 1.807) is 17.5 Å². The summed E-state index contributed by atoms with van der Waals surface area (Å²) in [7, 11) is 0. The predicted molar refractivity (Wildman–Crippen MR) is 69.5 cm³/mol. The minimum absolute atomic E-state index is 0.0549. The zero-order valence-electron chi connectivity index (χ0n) is 10.6. The van der Waals surface area contributed by atoms with Gasteiger partial charge in [0.1, 0.15) is 5.01 Å². The number of carbonyl (C=O) groups is 2. The number of aryl methyl sites for hydroxylation is 1. The topological polar surface area (TPSA) is 79.3 Å². The highest BCUT2D eigenvalue weighted by atomic mass is 32.1. The molecule has 0 saturated carbocycles. The Hall–Kier alpha value is -1.43. The molecule has 1 rings (SSSR count). The van der Waals surface area contributed by atoms with Crippen LogP contribution < -0.4 is 5.32 Å². The van der Waals surface area contributed by atoms with Gasteiger partial charge in [-0.15, -0.1) is 11.3 Å². The monoisotopic (exact) mass is 270 g/mol. The van der Waals surface area contributed by atoms with Crippen molar-refractivity contribution in [2.24, 2.45) is 0 Å². The fourth-order valence-electron chi connectivity index (χ4n) is 1.51. The van der Waals surface area contributed by atoms with Crippen LogP contribution in [0.5, 0.6) is 0 Å². The Labute approximate surface area is 110 Å². The number of carbonyl (C=O) groups excluding carboxylic acids is 1. The van der Waals surface area contributed by atoms with Crippen LogP contribution in [0.1, 0.15) is 48.5 Å². The van der Waals surface area contributed by atoms with Crippen LogP contribution >= 0.6 is 11.3 Å². The van der Waals surface area contributed by atoms with Gasteiger partial charge in [0.15, 0.2) is 0 Å². The van der Waals surface area contributed by atoms with Crippen molar-refractivity contribution in [2.45, 2.75) is 45.6 Å². The van der Waals surface area contributed by atoms with Gasteiger partial charge in [0.2, 0.25) is 5.91 Å². The maximum Gasteiger partial charge on any atom is 0.303 e. The molecule has 1 atom stereocenters. The van der Waals surface area contributed by atoms with E-state index in [4.69, 9.17) is 5.11 Å². The molecule has 0 aromatic carbocycles. The van der Waals surface area contributed by atoms with Gasteiger partial charge in [-0.05, 0) is 26.7 Å². The van der Waals surface area contributed by atoms with Crippen molar-refractivity contribution in [3.8, 4) is 0 Å². The van der Waals surface area contributed by atoms with Crippen molar-refractivity contribution in [1.82, 2.24) is 10.3 Å². The summed E-state index contributed by atoms with van der Waals surface area (Å²) in [5.74, 6) is -0.872. The van der Waals surface area contributed by atoms with E-state index in [1.807, 2.05) is 13.8 Å². The third kappa shape index (κ3) is 5.27. The number of thiazole rings is 1. The molecule has 0 aliphatic rings. The average Bonchev–Trinajstić information content (AvgIpc) is 2.71. The standard InChI is InChI=1S/C12H18N2O3S/c1-8-7-13-12(18-8)9(2)14-10(15)5-3-4-6-11(16)17/h7,9H,3-6H2,1-2H3,(H,14,15)(H,16,17). The van der Waals surface area contributed by atoms with E-state index in [2.05, 4.69) is 10.3 Å². The van der Waals surface area contributed by atoms with E-state index in [9.17, 15) is 9.59 Å². The molecular formula is C12H18N2O3S. The molecule has 18 heavy (non-hydrogen) atoms. The number of nitrogens with zero attached hydrogens (tertiary/aromatic N) is 1. The lowest BCUT2D eigenvalue weighted by Gasteiger charge is -2.10. The van der Waals surface area contributed by atoms with Crippen molar-refractivity contribution in [2.75, 3.05) is 0 Å². The minimum Gasteiger partial charge on any atom is -0.481 e. The van der Waals surface area contributed by atoms with Crippen LogP contribution in [0.25, 0.3) is 0 Å². The smallest absolute Gasteiger partial charge is 0.303 e. The molecule has 0 fully saturated rings. The minimum atomic E-state index is -0.818. The molecule has 0 saturated heterocycles. The summed E-state index contributed by atoms with van der Waals surface area (Å²) < 4.78 is 0. The second kappa shape index (κ2) is 7.10. The van der Waals surface area contributed by atoms with Crippen molar-refractivity contribution in [3.05, 3.63) is 16.1 Å². The molecule has 2 N–H and O–H groups in total. The Morgan fingerprint density at radius 2 is 2.11 bits per heavy atom. The Kier molecular flexibility index (Phi) is 5.77. The van der Waals surface area contributed by atoms with Gasteiger partial charge in [-0.1, -0.05) is 0 Å². The van der Waals surface area contributed by atoms with E-state index in [1.165, 1.54) is 0 Å². The summed E-state index contributed by atoms with van der Waals surface area (Å²) in [5, 5.41) is 12.2. The van der Waals surface area contributed by atoms with Gasteiger partial charge in [0.25, 0.3) is 0 Å². The van der Waals surface area contributed by atoms with E-state index in [-0.39, 0.29) is 18.4 Å². The average molecular weight is 270 g/mol. The number of carboxylic acids is 1. The third-order valence-electron chi connectivity index (χ3n) is 2.43. The number of rotatable bonds is 7. The summed E-state index contributed by atoms with van der Waals surface area (Å²) >= 11 is 1.57. The van der Waals surface area contributed by atoms with Crippen LogP contribution in [0.3, 0.4) is 0 Å². The van der Waals surface area contributed by atoms with Crippen LogP contribution in [-0.4, -0.2) is 22.0 Å². The first kappa shape index (κ1) is 14.6. The predicted octanol–water partition coefficient (Wildman–Crippen LogP) is 2.27. The van der Waals surface area contributed by atoms with E-state index in [0.29, 0.717) is 19.3 Å². The molecule has 5 nitrogen and oxygen atoms in total. The molecule has 1 aromatic rings. The third-order valence-corrected chi connectivity index (χ3v) is 3.53. The van der Waals surface area contributed by atoms with Crippen LogP contribution in [0, 0.1) is 6.92 Å². The van der Waals surface area contributed by atoms with E-state index in [0.717, 1.165) is 9.88 Å². The zero-order valence-corrected chi connectivity index (χ0v) is 11.4. The molecule has 1 aromatic heterocycles. The highest BCUT2D eigenvalue weighted by molar-refractivity contribution is 7.11. The molecule has 1 amide bonds. The number of nitrogens with one attached hydrogen (secondary N) is 1. The molecule has 0 bridgehead atoms. The highest BCUT2D eigenvalue weighted by Gasteiger charge is 2.12. The molecule has 0 aliphatic heterocycles. The first-order valence-electron chi connectivity index (χ1n) is 5.92. The Morgan fingerprint density at radius 1 is 1.44 bits per heavy atom. The van der Waals surface area contributed by atoms with Gasteiger partial charge in [-0.25, -0.2) is 4.98 Å². The van der Waals surface area contributed by atoms with E-state index >= 15 is 0 Å². The Bertz CT molecular complexity index is 417. The van der Waals surface area contributed by atoms with Gasteiger partial charge in [-0.2, -0.15) is 0 Å². The Morgan fingerprint density at radius 3 is 2.67 bits per heavy atom. The summed E-state index contributed by atoms with van der Waals surface area (Å²) in [4.78, 5) is 27.2. The molecule has 0 spiro atoms. The van der Waals surface area contributed by atoms with Gasteiger partial charge in [0, 0.05) is 23.9 Å². The molecular weight excluding hydrogens is 252 g/mol. The lowest BCUT2D eigenvalue weighted by molar-refractivity contribution is -0.137. The first-order valence-corrected chi connectivity index (χ1v) is 6.74. The lowest BCUT2D eigenvalue weighted by Crippen LogP contribution is -2.26. The van der Waals surface area contributed by atoms with Crippen molar-refractivity contribution >= 4 is 23.2 Å². The second-order valence-electron chi connectivity index (χ2n) is 4.20. The number of hydrogen-bond donors (Lipinski definition) is 2. The maximum absolute atomic E-state index is 11.6. The van der Waals surface area contributed by atoms with Gasteiger partial charge >= 0.3 is 5.97 Å². The fourth-order valence-corrected chi connectivity index (χ4v) is 2.29. The fraction of sp³-hybridized carbons (Fsp3) is 0.583. The number of aliphatic carboxylic acids is 1. The summed E-state index contributed by atoms with van der Waals surface area (Å²) in [6.07, 6.45) is 3.40. The molecule has 6 heteroatoms. The largest absolute Gasteiger partial charge is 0.481 e. The summed E-state index contributed by atoms with van der Waals surface area (Å²) in [6, 6.07) is -0.0873. The van der Waals surface area contributed by atoms with Crippen molar-refractivity contribution in [3.63, 3.8) is 0 Å². The summed E-state index contributed by atoms with van der Waals surface area (Å²) in [5.41, 5.74) is 0. The molecule has 1 heterocycles. The Balaban J connectivity index is 2.25. The SMILES string of the molecule is Cc1cnc(C(C)NC(=O)CCCCC(=O)O)s1. The van der Waals surface area contributed by atoms with Gasteiger partial charge < -0.3 is 10.4 Å². The maximum atomic E-state index is 11.6. The molecule has 1 unspecified atom stereocenters. The van der Waals surface area contributed by atoms with Crippen LogP contribution in [-0.2, 0) is 9.59 Å². The van der Waals surface area contributed by atoms with Crippen molar-refractivity contribution < 1.29 is 14.7 Å². The number of amides is 1. The number of unbranched alkanes of at least 4 members (excludes halogenated alkanes) is 1. The molecule has 0 aliphatic carbocycles. The van der Waals surface area contributed by atoms with Crippen LogP contribution in [0.4, 0.5) is 0 Å². The molecule has 100 valence electrons. The zero-order chi connectivity index (χ0) is 13.5. The number of carboxylic acid groups (broad SMARTS) is 1. The van der Waals surface area contributed by atoms with Gasteiger partial charge in [-0.3, -0.25) is 9.59 Å².